The van der Waals surface area contributed by atoms with E-state index in [1.165, 1.54) is 6.07 Å². The fourth-order valence-electron chi connectivity index (χ4n) is 10.0. The van der Waals surface area contributed by atoms with Gasteiger partial charge in [-0.1, -0.05) is 25.8 Å². The van der Waals surface area contributed by atoms with E-state index in [0.717, 1.165) is 77.1 Å². The van der Waals surface area contributed by atoms with Crippen molar-refractivity contribution in [2.24, 2.45) is 5.92 Å². The molecule has 1 saturated carbocycles. The van der Waals surface area contributed by atoms with Crippen molar-refractivity contribution in [1.82, 2.24) is 25.5 Å². The predicted molar refractivity (Wildman–Crippen MR) is 230 cm³/mol. The first-order valence-electron chi connectivity index (χ1n) is 21.9. The summed E-state index contributed by atoms with van der Waals surface area (Å²) in [5.74, 6) is 0.200. The number of likely N-dealkylation sites (tertiary alicyclic amines) is 1. The van der Waals surface area contributed by atoms with Crippen LogP contribution in [0.25, 0.3) is 0 Å². The van der Waals surface area contributed by atoms with Crippen LogP contribution in [0.2, 0.25) is 0 Å². The zero-order chi connectivity index (χ0) is 42.8. The molecule has 2 atom stereocenters. The number of carbonyl (C=O) groups is 4. The van der Waals surface area contributed by atoms with E-state index in [0.29, 0.717) is 71.5 Å². The van der Waals surface area contributed by atoms with Gasteiger partial charge in [0.2, 0.25) is 23.7 Å². The van der Waals surface area contributed by atoms with Crippen molar-refractivity contribution in [3.8, 4) is 5.75 Å². The number of methoxy groups -OCH3 is 1. The third-order valence-electron chi connectivity index (χ3n) is 13.7. The van der Waals surface area contributed by atoms with Crippen molar-refractivity contribution in [3.63, 3.8) is 0 Å². The Morgan fingerprint density at radius 1 is 1.00 bits per heavy atom. The van der Waals surface area contributed by atoms with Crippen LogP contribution in [0.3, 0.4) is 0 Å². The van der Waals surface area contributed by atoms with Gasteiger partial charge in [-0.05, 0) is 93.2 Å². The van der Waals surface area contributed by atoms with Crippen molar-refractivity contribution in [1.29, 1.82) is 0 Å². The Hall–Kier alpha value is -5.35. The Bertz CT molecular complexity index is 2130. The number of carbonyl (C=O) groups excluding carboxylic acids is 4. The Morgan fingerprint density at radius 3 is 2.43 bits per heavy atom. The molecule has 4 N–H and O–H groups in total. The first kappa shape index (κ1) is 42.3. The van der Waals surface area contributed by atoms with Gasteiger partial charge >= 0.3 is 0 Å². The van der Waals surface area contributed by atoms with E-state index in [1.54, 1.807) is 55.6 Å². The molecule has 1 unspecified atom stereocenters. The second kappa shape index (κ2) is 17.9. The maximum atomic E-state index is 15.3. The molecule has 15 nitrogen and oxygen atoms in total. The molecule has 0 bridgehead atoms. The highest BCUT2D eigenvalue weighted by Crippen LogP contribution is 2.41. The quantitative estimate of drug-likeness (QED) is 0.183. The van der Waals surface area contributed by atoms with Crippen LogP contribution in [-0.4, -0.2) is 115 Å². The van der Waals surface area contributed by atoms with Gasteiger partial charge in [0.15, 0.2) is 5.82 Å². The molecule has 16 heteroatoms. The maximum absolute atomic E-state index is 15.3. The lowest BCUT2D eigenvalue weighted by atomic mass is 9.86. The van der Waals surface area contributed by atoms with Gasteiger partial charge in [-0.2, -0.15) is 4.98 Å². The van der Waals surface area contributed by atoms with Crippen LogP contribution in [0.5, 0.6) is 5.75 Å². The smallest absolute Gasteiger partial charge is 0.251 e. The van der Waals surface area contributed by atoms with Crippen LogP contribution in [0.1, 0.15) is 99.4 Å². The summed E-state index contributed by atoms with van der Waals surface area (Å²) in [6.45, 7) is 5.65. The first-order valence-corrected chi connectivity index (χ1v) is 21.9. The van der Waals surface area contributed by atoms with Crippen molar-refractivity contribution >= 4 is 52.5 Å². The van der Waals surface area contributed by atoms with E-state index in [-0.39, 0.29) is 54.6 Å². The Labute approximate surface area is 356 Å². The lowest BCUT2D eigenvalue weighted by Crippen LogP contribution is -2.58. The Morgan fingerprint density at radius 2 is 1.75 bits per heavy atom. The molecule has 4 fully saturated rings. The van der Waals surface area contributed by atoms with Crippen LogP contribution < -0.4 is 35.4 Å². The lowest BCUT2D eigenvalue weighted by molar-refractivity contribution is -0.134. The van der Waals surface area contributed by atoms with Gasteiger partial charge in [-0.15, -0.1) is 0 Å². The number of nitrogens with zero attached hydrogens (tertiary/aromatic N) is 6. The van der Waals surface area contributed by atoms with Crippen LogP contribution in [0, 0.1) is 11.7 Å². The number of anilines is 5. The highest BCUT2D eigenvalue weighted by molar-refractivity contribution is 6.04. The van der Waals surface area contributed by atoms with Crippen molar-refractivity contribution in [3.05, 3.63) is 59.5 Å². The normalized spacial score (nSPS) is 22.6. The molecule has 3 saturated heterocycles. The summed E-state index contributed by atoms with van der Waals surface area (Å²) < 4.78 is 21.0. The van der Waals surface area contributed by atoms with Gasteiger partial charge < -0.3 is 40.1 Å². The number of imide groups is 1. The van der Waals surface area contributed by atoms with Gasteiger partial charge in [-0.3, -0.25) is 24.5 Å². The number of fused-ring (bicyclic) bond motifs is 1. The minimum absolute atomic E-state index is 0.0536. The number of hydrogen-bond donors (Lipinski definition) is 4. The summed E-state index contributed by atoms with van der Waals surface area (Å²) >= 11 is 0. The van der Waals surface area contributed by atoms with Crippen LogP contribution in [-0.2, 0) is 14.4 Å². The van der Waals surface area contributed by atoms with Crippen LogP contribution >= 0.6 is 0 Å². The Balaban J connectivity index is 0.848. The molecule has 0 spiro atoms. The first-order chi connectivity index (χ1) is 29.5. The van der Waals surface area contributed by atoms with Gasteiger partial charge in [0.1, 0.15) is 23.3 Å². The van der Waals surface area contributed by atoms with E-state index < -0.39 is 11.5 Å². The van der Waals surface area contributed by atoms with Gasteiger partial charge in [0, 0.05) is 57.8 Å². The van der Waals surface area contributed by atoms with E-state index in [2.05, 4.69) is 35.6 Å². The molecule has 1 aliphatic carbocycles. The fraction of sp³-hybridized carbons (Fsp3) is 0.556. The molecular formula is C45H58FN9O6. The standard InChI is InChI=1S/C45H58FN9O6/c1-4-35-43(60)52(2)37-25-47-44(50-40(37)55(35)31-7-5-6-8-31)48-34-12-9-30(24-38(34)61-3)41(58)51-45(27-56)17-21-53(22-18-45)26-28-15-19-54(20-16-28)36-13-10-29(23-33(36)46)32-11-14-39(57)49-42(32)59/h9-10,12-13,23-25,28,31-32,35,56H,4-8,11,14-22,26-27H2,1-3H3,(H,51,58)(H,47,48,50)(H,49,57,59)/t32?,35-/m1/s1. The molecule has 61 heavy (non-hydrogen) atoms. The summed E-state index contributed by atoms with van der Waals surface area (Å²) in [4.78, 5) is 68.7. The number of amides is 4. The number of aliphatic hydroxyl groups is 1. The van der Waals surface area contributed by atoms with Crippen LogP contribution in [0.15, 0.2) is 42.6 Å². The summed E-state index contributed by atoms with van der Waals surface area (Å²) in [6.07, 6.45) is 10.3. The average Bonchev–Trinajstić information content (AvgIpc) is 3.81. The number of likely N-dealkylation sites (N-methyl/N-ethyl adjacent to an activating group) is 1. The van der Waals surface area contributed by atoms with Gasteiger partial charge in [0.05, 0.1) is 42.7 Å². The number of benzene rings is 2. The van der Waals surface area contributed by atoms with E-state index >= 15 is 4.39 Å². The second-order valence-corrected chi connectivity index (χ2v) is 17.4. The molecule has 5 aliphatic rings. The second-order valence-electron chi connectivity index (χ2n) is 17.4. The van der Waals surface area contributed by atoms with Crippen molar-refractivity contribution < 1.29 is 33.4 Å². The summed E-state index contributed by atoms with van der Waals surface area (Å²) in [7, 11) is 3.32. The molecule has 8 rings (SSSR count). The van der Waals surface area contributed by atoms with Crippen molar-refractivity contribution in [2.75, 3.05) is 73.5 Å². The molecule has 1 aromatic heterocycles. The Kier molecular flexibility index (Phi) is 12.5. The van der Waals surface area contributed by atoms with Crippen LogP contribution in [0.4, 0.5) is 33.2 Å². The number of aliphatic hydroxyl groups excluding tert-OH is 1. The maximum Gasteiger partial charge on any atom is 0.251 e. The lowest BCUT2D eigenvalue weighted by Gasteiger charge is -2.43. The monoisotopic (exact) mass is 839 g/mol. The molecule has 4 amide bonds. The van der Waals surface area contributed by atoms with E-state index in [4.69, 9.17) is 9.72 Å². The summed E-state index contributed by atoms with van der Waals surface area (Å²) in [6, 6.07) is 10.1. The van der Waals surface area contributed by atoms with Crippen molar-refractivity contribution in [2.45, 2.75) is 101 Å². The molecule has 326 valence electrons. The highest BCUT2D eigenvalue weighted by Gasteiger charge is 2.42. The number of piperidine rings is 3. The third kappa shape index (κ3) is 8.74. The largest absolute Gasteiger partial charge is 0.495 e. The fourth-order valence-corrected chi connectivity index (χ4v) is 10.0. The number of rotatable bonds is 12. The summed E-state index contributed by atoms with van der Waals surface area (Å²) in [5, 5.41) is 19.4. The van der Waals surface area contributed by atoms with Gasteiger partial charge in [0.25, 0.3) is 5.91 Å². The van der Waals surface area contributed by atoms with Gasteiger partial charge in [-0.25, -0.2) is 9.37 Å². The number of ether oxygens (including phenoxy) is 1. The number of hydrogen-bond acceptors (Lipinski definition) is 12. The summed E-state index contributed by atoms with van der Waals surface area (Å²) in [5.41, 5.74) is 2.04. The molecule has 0 radical (unpaired) electrons. The molecular weight excluding hydrogens is 782 g/mol. The molecule has 5 heterocycles. The third-order valence-corrected chi connectivity index (χ3v) is 13.7. The van der Waals surface area contributed by atoms with E-state index in [9.17, 15) is 24.3 Å². The molecule has 3 aromatic rings. The zero-order valence-electron chi connectivity index (χ0n) is 35.4. The zero-order valence-corrected chi connectivity index (χ0v) is 35.4. The predicted octanol–water partition coefficient (Wildman–Crippen LogP) is 4.87. The topological polar surface area (TPSA) is 173 Å². The SMILES string of the molecule is CC[C@@H]1C(=O)N(C)c2cnc(Nc3ccc(C(=O)NC4(CO)CCN(CC5CCN(c6ccc(C7CCC(=O)NC7=O)cc6F)CC5)CC4)cc3OC)nc2N1C1CCCC1. The minimum atomic E-state index is -0.758. The van der Waals surface area contributed by atoms with E-state index in [1.807, 2.05) is 6.92 Å². The number of aromatic nitrogens is 2. The number of halogens is 1. The molecule has 4 aliphatic heterocycles. The number of nitrogens with one attached hydrogen (secondary N) is 3. The molecule has 2 aromatic carbocycles. The minimum Gasteiger partial charge on any atom is -0.495 e. The average molecular weight is 840 g/mol. The highest BCUT2D eigenvalue weighted by atomic mass is 19.1.